The normalized spacial score (nSPS) is 18.4. The van der Waals surface area contributed by atoms with Crippen LogP contribution in [0.5, 0.6) is 0 Å². The first-order valence-electron chi connectivity index (χ1n) is 25.9. The van der Waals surface area contributed by atoms with Crippen LogP contribution >= 0.6 is 0 Å². The molecule has 2 aromatic heterocycles. The molecule has 0 saturated carbocycles. The molecule has 2 aliphatic heterocycles. The largest absolute Gasteiger partial charge is 0.334 e. The van der Waals surface area contributed by atoms with Gasteiger partial charge in [-0.05, 0) is 127 Å². The van der Waals surface area contributed by atoms with Crippen molar-refractivity contribution in [2.75, 3.05) is 9.80 Å². The van der Waals surface area contributed by atoms with Crippen LogP contribution in [0.1, 0.15) is 68.4 Å². The van der Waals surface area contributed by atoms with E-state index in [1.165, 1.54) is 111 Å². The molecule has 72 heavy (non-hydrogen) atoms. The van der Waals surface area contributed by atoms with Crippen LogP contribution in [0.15, 0.2) is 206 Å². The minimum absolute atomic E-state index is 0.0102. The summed E-state index contributed by atoms with van der Waals surface area (Å²) in [6.07, 6.45) is 18.2. The Labute approximate surface area is 422 Å². The minimum Gasteiger partial charge on any atom is -0.334 e. The Morgan fingerprint density at radius 1 is 0.458 bits per heavy atom. The van der Waals surface area contributed by atoms with Gasteiger partial charge in [-0.1, -0.05) is 172 Å². The molecule has 350 valence electrons. The zero-order chi connectivity index (χ0) is 48.6. The molecular formula is C68H58N4. The van der Waals surface area contributed by atoms with Crippen LogP contribution in [-0.4, -0.2) is 15.2 Å². The molecule has 2 atom stereocenters. The smallest absolute Gasteiger partial charge is 0.0596 e. The maximum absolute atomic E-state index is 2.61. The fourth-order valence-electron chi connectivity index (χ4n) is 13.2. The van der Waals surface area contributed by atoms with Crippen molar-refractivity contribution < 1.29 is 0 Å². The molecule has 14 rings (SSSR count). The molecule has 0 N–H and O–H groups in total. The minimum atomic E-state index is -0.135. The summed E-state index contributed by atoms with van der Waals surface area (Å²) in [6, 6.07) is 62.7. The van der Waals surface area contributed by atoms with E-state index in [0.717, 1.165) is 24.2 Å². The van der Waals surface area contributed by atoms with Crippen LogP contribution in [-0.2, 0) is 10.8 Å². The molecule has 0 radical (unpaired) electrons. The molecule has 8 aromatic carbocycles. The molecule has 10 aromatic rings. The number of nitrogens with zero attached hydrogens (tertiary/aromatic N) is 4. The molecule has 0 bridgehead atoms. The van der Waals surface area contributed by atoms with Gasteiger partial charge < -0.3 is 18.9 Å². The monoisotopic (exact) mass is 930 g/mol. The maximum atomic E-state index is 2.61. The lowest BCUT2D eigenvalue weighted by Gasteiger charge is -2.51. The van der Waals surface area contributed by atoms with Crippen LogP contribution in [0.4, 0.5) is 28.4 Å². The summed E-state index contributed by atoms with van der Waals surface area (Å²) in [7, 11) is 0. The Balaban J connectivity index is 0.940. The van der Waals surface area contributed by atoms with Crippen LogP contribution in [0.25, 0.3) is 66.1 Å². The summed E-state index contributed by atoms with van der Waals surface area (Å²) in [5, 5.41) is 5.03. The zero-order valence-electron chi connectivity index (χ0n) is 42.0. The van der Waals surface area contributed by atoms with Crippen molar-refractivity contribution in [1.29, 1.82) is 0 Å². The second-order valence-electron chi connectivity index (χ2n) is 21.9. The third-order valence-corrected chi connectivity index (χ3v) is 16.9. The predicted molar refractivity (Wildman–Crippen MR) is 305 cm³/mol. The average Bonchev–Trinajstić information content (AvgIpc) is 3.91. The summed E-state index contributed by atoms with van der Waals surface area (Å²) < 4.78 is 5.05. The Morgan fingerprint density at radius 3 is 1.76 bits per heavy atom. The second-order valence-corrected chi connectivity index (χ2v) is 21.9. The summed E-state index contributed by atoms with van der Waals surface area (Å²) in [5.41, 5.74) is 22.4. The van der Waals surface area contributed by atoms with Gasteiger partial charge in [-0.25, -0.2) is 0 Å². The van der Waals surface area contributed by atoms with Gasteiger partial charge in [-0.2, -0.15) is 0 Å². The number of benzene rings is 8. The van der Waals surface area contributed by atoms with Gasteiger partial charge in [0.15, 0.2) is 0 Å². The van der Waals surface area contributed by atoms with Crippen molar-refractivity contribution in [3.63, 3.8) is 0 Å². The van der Waals surface area contributed by atoms with E-state index in [-0.39, 0.29) is 16.9 Å². The fraction of sp³-hybridized carbons (Fsp3) is 0.176. The number of allylic oxidation sites excluding steroid dienone is 6. The number of para-hydroxylation sites is 2. The van der Waals surface area contributed by atoms with Crippen molar-refractivity contribution >= 4 is 77.7 Å². The highest BCUT2D eigenvalue weighted by atomic mass is 15.2. The molecule has 4 heterocycles. The fourth-order valence-corrected chi connectivity index (χ4v) is 13.2. The highest BCUT2D eigenvalue weighted by Crippen LogP contribution is 2.54. The van der Waals surface area contributed by atoms with Gasteiger partial charge in [0.05, 0.1) is 39.5 Å². The van der Waals surface area contributed by atoms with Crippen LogP contribution in [0, 0.1) is 19.8 Å². The van der Waals surface area contributed by atoms with Gasteiger partial charge in [-0.15, -0.1) is 0 Å². The third kappa shape index (κ3) is 6.24. The maximum Gasteiger partial charge on any atom is 0.0596 e. The van der Waals surface area contributed by atoms with Crippen molar-refractivity contribution in [2.24, 2.45) is 5.92 Å². The van der Waals surface area contributed by atoms with Crippen molar-refractivity contribution in [1.82, 2.24) is 9.13 Å². The van der Waals surface area contributed by atoms with Gasteiger partial charge >= 0.3 is 0 Å². The molecule has 0 saturated heterocycles. The molecule has 0 spiro atoms. The first-order valence-corrected chi connectivity index (χ1v) is 25.9. The average molecular weight is 931 g/mol. The molecule has 4 aliphatic rings. The molecular weight excluding hydrogens is 873 g/mol. The van der Waals surface area contributed by atoms with E-state index in [1.807, 2.05) is 0 Å². The SMILES string of the molecule is Cc1ccc2c(c1)C(C)(C)c1ccccc1N2c1ccc2c3ccc(-c4ccc5c6ccc(N7c8ccc(C)cc8C(C)(C)C8C=CC=CC87)cc6n(C6=CC=CCC6)c5c4)cc3n(-c3ccccc3)c2c1. The van der Waals surface area contributed by atoms with E-state index < -0.39 is 0 Å². The van der Waals surface area contributed by atoms with E-state index >= 15 is 0 Å². The highest BCUT2D eigenvalue weighted by Gasteiger charge is 2.45. The number of aryl methyl sites for hydroxylation is 2. The van der Waals surface area contributed by atoms with Gasteiger partial charge in [0.25, 0.3) is 0 Å². The molecule has 0 amide bonds. The van der Waals surface area contributed by atoms with E-state index in [4.69, 9.17) is 0 Å². The van der Waals surface area contributed by atoms with Crippen molar-refractivity contribution in [3.05, 3.63) is 234 Å². The van der Waals surface area contributed by atoms with E-state index in [9.17, 15) is 0 Å². The number of anilines is 5. The van der Waals surface area contributed by atoms with Gasteiger partial charge in [-0.3, -0.25) is 0 Å². The first-order chi connectivity index (χ1) is 35.0. The Hall–Kier alpha value is -8.08. The van der Waals surface area contributed by atoms with Crippen molar-refractivity contribution in [3.8, 4) is 16.8 Å². The second kappa shape index (κ2) is 15.7. The van der Waals surface area contributed by atoms with Gasteiger partial charge in [0.1, 0.15) is 0 Å². The summed E-state index contributed by atoms with van der Waals surface area (Å²) in [6.45, 7) is 14.0. The lowest BCUT2D eigenvalue weighted by molar-refractivity contribution is 0.332. The molecule has 2 unspecified atom stereocenters. The number of rotatable bonds is 5. The number of hydrogen-bond acceptors (Lipinski definition) is 2. The van der Waals surface area contributed by atoms with E-state index in [0.29, 0.717) is 5.92 Å². The summed E-state index contributed by atoms with van der Waals surface area (Å²) >= 11 is 0. The van der Waals surface area contributed by atoms with Crippen LogP contribution in [0.3, 0.4) is 0 Å². The van der Waals surface area contributed by atoms with Crippen LogP contribution in [0.2, 0.25) is 0 Å². The third-order valence-electron chi connectivity index (χ3n) is 16.9. The standard InChI is InChI=1S/C68H58N4/c1-43-25-35-61-57(37-43)67(3,4)55-21-13-15-23-59(55)71(61)49-29-33-53-51-31-27-45(39-63(51)69(65(53)41-49)47-17-9-7-10-18-47)46-28-32-52-54-34-30-50(42-66(54)70(64(52)40-46)48-19-11-8-12-20-48)72-60-24-16-14-22-56(60)68(5,6)58-38-44(2)26-36-62(58)72/h7-11,13-19,21-42,56,60H,12,20H2,1-6H3. The number of hydrogen-bond donors (Lipinski definition) is 0. The van der Waals surface area contributed by atoms with Crippen LogP contribution < -0.4 is 9.80 Å². The summed E-state index contributed by atoms with van der Waals surface area (Å²) in [4.78, 5) is 5.10. The van der Waals surface area contributed by atoms with Crippen molar-refractivity contribution in [2.45, 2.75) is 71.3 Å². The first kappa shape index (κ1) is 42.8. The molecule has 0 fully saturated rings. The lowest BCUT2D eigenvalue weighted by atomic mass is 9.65. The predicted octanol–water partition coefficient (Wildman–Crippen LogP) is 18.0. The molecule has 2 aliphatic carbocycles. The quantitative estimate of drug-likeness (QED) is 0.171. The molecule has 4 nitrogen and oxygen atoms in total. The van der Waals surface area contributed by atoms with Gasteiger partial charge in [0, 0.05) is 66.7 Å². The summed E-state index contributed by atoms with van der Waals surface area (Å²) in [5.74, 6) is 0.341. The highest BCUT2D eigenvalue weighted by molar-refractivity contribution is 6.14. The Morgan fingerprint density at radius 2 is 1.04 bits per heavy atom. The number of fused-ring (bicyclic) bond motifs is 10. The zero-order valence-corrected chi connectivity index (χ0v) is 42.0. The Kier molecular flexibility index (Phi) is 9.33. The van der Waals surface area contributed by atoms with E-state index in [1.54, 1.807) is 0 Å². The Bertz CT molecular complexity index is 4030. The van der Waals surface area contributed by atoms with E-state index in [2.05, 4.69) is 267 Å². The lowest BCUT2D eigenvalue weighted by Crippen LogP contribution is -2.49. The van der Waals surface area contributed by atoms with Gasteiger partial charge in [0.2, 0.25) is 0 Å². The topological polar surface area (TPSA) is 16.3 Å². The number of aromatic nitrogens is 2. The molecule has 4 heteroatoms.